The van der Waals surface area contributed by atoms with Gasteiger partial charge in [0, 0.05) is 17.6 Å². The molecule has 1 fully saturated rings. The van der Waals surface area contributed by atoms with Crippen LogP contribution in [0.15, 0.2) is 22.7 Å². The highest BCUT2D eigenvalue weighted by atomic mass is 79.9. The van der Waals surface area contributed by atoms with Crippen molar-refractivity contribution in [3.8, 4) is 5.75 Å². The number of amides is 1. The van der Waals surface area contributed by atoms with E-state index in [1.165, 1.54) is 7.11 Å². The third-order valence-corrected chi connectivity index (χ3v) is 3.34. The molecule has 1 atom stereocenters. The first-order valence-corrected chi connectivity index (χ1v) is 6.22. The third kappa shape index (κ3) is 2.61. The largest absolute Gasteiger partial charge is 0.496 e. The SMILES string of the molecule is COc1cc(Br)ccc1C(=O)N1CC[C@@H](O)C1. The van der Waals surface area contributed by atoms with Gasteiger partial charge < -0.3 is 14.7 Å². The maximum atomic E-state index is 12.2. The molecule has 1 aliphatic rings. The van der Waals surface area contributed by atoms with E-state index in [4.69, 9.17) is 4.74 Å². The third-order valence-electron chi connectivity index (χ3n) is 2.84. The van der Waals surface area contributed by atoms with Crippen molar-refractivity contribution in [2.75, 3.05) is 20.2 Å². The molecule has 2 rings (SSSR count). The highest BCUT2D eigenvalue weighted by Gasteiger charge is 2.27. The van der Waals surface area contributed by atoms with Crippen LogP contribution in [0.3, 0.4) is 0 Å². The van der Waals surface area contributed by atoms with E-state index in [1.54, 1.807) is 17.0 Å². The number of hydrogen-bond donors (Lipinski definition) is 1. The Bertz CT molecular complexity index is 436. The number of carbonyl (C=O) groups is 1. The Morgan fingerprint density at radius 3 is 2.94 bits per heavy atom. The van der Waals surface area contributed by atoms with Gasteiger partial charge in [-0.15, -0.1) is 0 Å². The minimum Gasteiger partial charge on any atom is -0.496 e. The summed E-state index contributed by atoms with van der Waals surface area (Å²) >= 11 is 3.33. The maximum absolute atomic E-state index is 12.2. The van der Waals surface area contributed by atoms with Crippen molar-refractivity contribution < 1.29 is 14.6 Å². The number of ether oxygens (including phenoxy) is 1. The number of likely N-dealkylation sites (tertiary alicyclic amines) is 1. The van der Waals surface area contributed by atoms with Gasteiger partial charge in [-0.25, -0.2) is 0 Å². The Hall–Kier alpha value is -1.07. The summed E-state index contributed by atoms with van der Waals surface area (Å²) in [5.74, 6) is 0.455. The molecule has 0 bridgehead atoms. The van der Waals surface area contributed by atoms with Crippen LogP contribution in [0.25, 0.3) is 0 Å². The van der Waals surface area contributed by atoms with Crippen molar-refractivity contribution in [3.05, 3.63) is 28.2 Å². The summed E-state index contributed by atoms with van der Waals surface area (Å²) in [6, 6.07) is 5.30. The van der Waals surface area contributed by atoms with E-state index in [1.807, 2.05) is 6.07 Å². The van der Waals surface area contributed by atoms with Gasteiger partial charge in [-0.1, -0.05) is 15.9 Å². The Balaban J connectivity index is 2.24. The molecule has 1 N–H and O–H groups in total. The minimum absolute atomic E-state index is 0.0918. The lowest BCUT2D eigenvalue weighted by Gasteiger charge is -2.17. The quantitative estimate of drug-likeness (QED) is 0.904. The highest BCUT2D eigenvalue weighted by Crippen LogP contribution is 2.25. The van der Waals surface area contributed by atoms with Crippen LogP contribution in [-0.2, 0) is 0 Å². The Labute approximate surface area is 108 Å². The molecule has 0 radical (unpaired) electrons. The molecule has 1 saturated heterocycles. The number of halogens is 1. The van der Waals surface area contributed by atoms with E-state index in [9.17, 15) is 9.90 Å². The van der Waals surface area contributed by atoms with E-state index in [0.29, 0.717) is 30.8 Å². The fourth-order valence-electron chi connectivity index (χ4n) is 1.94. The molecule has 17 heavy (non-hydrogen) atoms. The number of aliphatic hydroxyl groups excluding tert-OH is 1. The van der Waals surface area contributed by atoms with Crippen molar-refractivity contribution >= 4 is 21.8 Å². The van der Waals surface area contributed by atoms with E-state index in [-0.39, 0.29) is 5.91 Å². The van der Waals surface area contributed by atoms with E-state index in [2.05, 4.69) is 15.9 Å². The van der Waals surface area contributed by atoms with Crippen LogP contribution >= 0.6 is 15.9 Å². The molecule has 1 aromatic rings. The molecule has 1 heterocycles. The average Bonchev–Trinajstić information content (AvgIpc) is 2.75. The zero-order chi connectivity index (χ0) is 12.4. The number of aliphatic hydroxyl groups is 1. The van der Waals surface area contributed by atoms with Crippen LogP contribution in [0.4, 0.5) is 0 Å². The van der Waals surface area contributed by atoms with Crippen molar-refractivity contribution in [1.82, 2.24) is 4.90 Å². The molecule has 92 valence electrons. The monoisotopic (exact) mass is 299 g/mol. The van der Waals surface area contributed by atoms with Gasteiger partial charge in [0.25, 0.3) is 5.91 Å². The maximum Gasteiger partial charge on any atom is 0.257 e. The number of nitrogens with zero attached hydrogens (tertiary/aromatic N) is 1. The Kier molecular flexibility index (Phi) is 3.69. The molecule has 0 aliphatic carbocycles. The molecule has 0 aromatic heterocycles. The number of methoxy groups -OCH3 is 1. The van der Waals surface area contributed by atoms with Gasteiger partial charge in [0.15, 0.2) is 0 Å². The molecule has 4 nitrogen and oxygen atoms in total. The summed E-state index contributed by atoms with van der Waals surface area (Å²) in [5, 5.41) is 9.43. The fourth-order valence-corrected chi connectivity index (χ4v) is 2.28. The molecular formula is C12H14BrNO3. The minimum atomic E-state index is -0.402. The van der Waals surface area contributed by atoms with Crippen molar-refractivity contribution in [2.45, 2.75) is 12.5 Å². The first-order chi connectivity index (χ1) is 8.11. The fraction of sp³-hybridized carbons (Fsp3) is 0.417. The molecule has 1 aliphatic heterocycles. The lowest BCUT2D eigenvalue weighted by atomic mass is 10.2. The van der Waals surface area contributed by atoms with Crippen molar-refractivity contribution in [1.29, 1.82) is 0 Å². The summed E-state index contributed by atoms with van der Waals surface area (Å²) in [6.07, 6.45) is 0.241. The van der Waals surface area contributed by atoms with Gasteiger partial charge in [0.2, 0.25) is 0 Å². The van der Waals surface area contributed by atoms with Gasteiger partial charge in [-0.3, -0.25) is 4.79 Å². The zero-order valence-electron chi connectivity index (χ0n) is 9.52. The lowest BCUT2D eigenvalue weighted by molar-refractivity contribution is 0.0761. The highest BCUT2D eigenvalue weighted by molar-refractivity contribution is 9.10. The number of carbonyl (C=O) groups excluding carboxylic acids is 1. The zero-order valence-corrected chi connectivity index (χ0v) is 11.1. The smallest absolute Gasteiger partial charge is 0.257 e. The van der Waals surface area contributed by atoms with Gasteiger partial charge in [-0.2, -0.15) is 0 Å². The summed E-state index contributed by atoms with van der Waals surface area (Å²) in [7, 11) is 1.54. The van der Waals surface area contributed by atoms with Gasteiger partial charge >= 0.3 is 0 Å². The first kappa shape index (κ1) is 12.4. The topological polar surface area (TPSA) is 49.8 Å². The van der Waals surface area contributed by atoms with Gasteiger partial charge in [0.05, 0.1) is 18.8 Å². The molecule has 1 amide bonds. The van der Waals surface area contributed by atoms with E-state index < -0.39 is 6.10 Å². The predicted octanol–water partition coefficient (Wildman–Crippen LogP) is 1.66. The molecule has 0 saturated carbocycles. The standard InChI is InChI=1S/C12H14BrNO3/c1-17-11-6-8(13)2-3-10(11)12(16)14-5-4-9(15)7-14/h2-3,6,9,15H,4-5,7H2,1H3/t9-/m1/s1. The number of hydrogen-bond acceptors (Lipinski definition) is 3. The average molecular weight is 300 g/mol. The summed E-state index contributed by atoms with van der Waals surface area (Å²) in [6.45, 7) is 0.997. The van der Waals surface area contributed by atoms with Crippen LogP contribution in [-0.4, -0.2) is 42.2 Å². The molecular weight excluding hydrogens is 286 g/mol. The Morgan fingerprint density at radius 1 is 1.59 bits per heavy atom. The first-order valence-electron chi connectivity index (χ1n) is 5.42. The second-order valence-corrected chi connectivity index (χ2v) is 4.95. The van der Waals surface area contributed by atoms with Crippen molar-refractivity contribution in [2.24, 2.45) is 0 Å². The van der Waals surface area contributed by atoms with E-state index >= 15 is 0 Å². The molecule has 0 spiro atoms. The second kappa shape index (κ2) is 5.06. The normalized spacial score (nSPS) is 19.5. The van der Waals surface area contributed by atoms with Crippen molar-refractivity contribution in [3.63, 3.8) is 0 Å². The molecule has 5 heteroatoms. The molecule has 1 aromatic carbocycles. The number of β-amino-alcohol motifs (C(OH)–C–C–N with tert-alkyl or cyclic N) is 1. The second-order valence-electron chi connectivity index (χ2n) is 4.04. The van der Waals surface area contributed by atoms with Gasteiger partial charge in [-0.05, 0) is 24.6 Å². The van der Waals surface area contributed by atoms with Crippen LogP contribution in [0, 0.1) is 0 Å². The van der Waals surface area contributed by atoms with Gasteiger partial charge in [0.1, 0.15) is 5.75 Å². The van der Waals surface area contributed by atoms with Crippen LogP contribution in [0.1, 0.15) is 16.8 Å². The number of benzene rings is 1. The predicted molar refractivity (Wildman–Crippen MR) is 67.2 cm³/mol. The Morgan fingerprint density at radius 2 is 2.35 bits per heavy atom. The van der Waals surface area contributed by atoms with E-state index in [0.717, 1.165) is 4.47 Å². The molecule has 0 unspecified atom stereocenters. The summed E-state index contributed by atoms with van der Waals surface area (Å²) in [4.78, 5) is 13.9. The summed E-state index contributed by atoms with van der Waals surface area (Å²) < 4.78 is 6.06. The number of rotatable bonds is 2. The lowest BCUT2D eigenvalue weighted by Crippen LogP contribution is -2.29. The van der Waals surface area contributed by atoms with Crippen LogP contribution < -0.4 is 4.74 Å². The van der Waals surface area contributed by atoms with Crippen LogP contribution in [0.5, 0.6) is 5.75 Å². The summed E-state index contributed by atoms with van der Waals surface area (Å²) in [5.41, 5.74) is 0.532. The van der Waals surface area contributed by atoms with Crippen LogP contribution in [0.2, 0.25) is 0 Å².